The van der Waals surface area contributed by atoms with Crippen LogP contribution in [0.3, 0.4) is 0 Å². The Morgan fingerprint density at radius 1 is 1.32 bits per heavy atom. The van der Waals surface area contributed by atoms with Gasteiger partial charge in [-0.3, -0.25) is 4.79 Å². The Balaban J connectivity index is 1.96. The van der Waals surface area contributed by atoms with Crippen LogP contribution >= 0.6 is 0 Å². The number of esters is 1. The standard InChI is InChI=1S/C16H23NO4S/c1-2-3-12-22(19,20)17-11-7-8-14(13-17)16(18)21-15-9-5-4-6-10-15/h4-6,9-10,14H,2-3,7-8,11-13H2,1H3/t14-/m1/s1. The van der Waals surface area contributed by atoms with E-state index in [0.717, 1.165) is 6.42 Å². The fraction of sp³-hybridized carbons (Fsp3) is 0.562. The van der Waals surface area contributed by atoms with Crippen LogP contribution in [0.1, 0.15) is 32.6 Å². The molecule has 0 bridgehead atoms. The summed E-state index contributed by atoms with van der Waals surface area (Å²) in [6.07, 6.45) is 2.86. The first-order valence-corrected chi connectivity index (χ1v) is 9.38. The number of carbonyl (C=O) groups is 1. The molecule has 0 saturated carbocycles. The molecule has 1 heterocycles. The molecule has 122 valence electrons. The first-order valence-electron chi connectivity index (χ1n) is 7.77. The van der Waals surface area contributed by atoms with Crippen LogP contribution in [0.5, 0.6) is 5.75 Å². The summed E-state index contributed by atoms with van der Waals surface area (Å²) in [6, 6.07) is 8.88. The highest BCUT2D eigenvalue weighted by atomic mass is 32.2. The van der Waals surface area contributed by atoms with Crippen molar-refractivity contribution in [1.29, 1.82) is 0 Å². The maximum absolute atomic E-state index is 12.2. The number of rotatable bonds is 6. The van der Waals surface area contributed by atoms with Gasteiger partial charge in [-0.25, -0.2) is 12.7 Å². The van der Waals surface area contributed by atoms with Gasteiger partial charge < -0.3 is 4.74 Å². The van der Waals surface area contributed by atoms with E-state index in [2.05, 4.69) is 0 Å². The lowest BCUT2D eigenvalue weighted by Crippen LogP contribution is -2.44. The minimum atomic E-state index is -3.26. The summed E-state index contributed by atoms with van der Waals surface area (Å²) < 4.78 is 31.3. The van der Waals surface area contributed by atoms with Crippen LogP contribution < -0.4 is 4.74 Å². The number of piperidine rings is 1. The Morgan fingerprint density at radius 2 is 2.05 bits per heavy atom. The van der Waals surface area contributed by atoms with E-state index in [-0.39, 0.29) is 24.2 Å². The van der Waals surface area contributed by atoms with Gasteiger partial charge in [0.2, 0.25) is 10.0 Å². The van der Waals surface area contributed by atoms with Crippen LogP contribution in [0.15, 0.2) is 30.3 Å². The van der Waals surface area contributed by atoms with Gasteiger partial charge in [0, 0.05) is 13.1 Å². The van der Waals surface area contributed by atoms with E-state index >= 15 is 0 Å². The topological polar surface area (TPSA) is 63.7 Å². The highest BCUT2D eigenvalue weighted by molar-refractivity contribution is 7.89. The third-order valence-electron chi connectivity index (χ3n) is 3.83. The molecule has 1 aromatic carbocycles. The summed E-state index contributed by atoms with van der Waals surface area (Å²) in [7, 11) is -3.26. The molecule has 6 heteroatoms. The number of sulfonamides is 1. The van der Waals surface area contributed by atoms with Crippen LogP contribution in [-0.4, -0.2) is 37.5 Å². The molecule has 0 unspecified atom stereocenters. The van der Waals surface area contributed by atoms with E-state index in [1.807, 2.05) is 13.0 Å². The molecule has 0 amide bonds. The Morgan fingerprint density at radius 3 is 2.73 bits per heavy atom. The van der Waals surface area contributed by atoms with Crippen LogP contribution in [0, 0.1) is 5.92 Å². The van der Waals surface area contributed by atoms with Crippen LogP contribution in [0.2, 0.25) is 0 Å². The van der Waals surface area contributed by atoms with Crippen molar-refractivity contribution < 1.29 is 17.9 Å². The molecule has 1 fully saturated rings. The zero-order valence-electron chi connectivity index (χ0n) is 12.9. The maximum atomic E-state index is 12.2. The second kappa shape index (κ2) is 7.74. The molecule has 0 radical (unpaired) electrons. The summed E-state index contributed by atoms with van der Waals surface area (Å²) in [5.41, 5.74) is 0. The molecular weight excluding hydrogens is 302 g/mol. The summed E-state index contributed by atoms with van der Waals surface area (Å²) in [5.74, 6) is -0.0744. The molecular formula is C16H23NO4S. The molecule has 1 aliphatic rings. The van der Waals surface area contributed by atoms with E-state index < -0.39 is 10.0 Å². The maximum Gasteiger partial charge on any atom is 0.315 e. The fourth-order valence-corrected chi connectivity index (χ4v) is 4.26. The van der Waals surface area contributed by atoms with E-state index in [1.165, 1.54) is 4.31 Å². The van der Waals surface area contributed by atoms with Crippen molar-refractivity contribution in [3.05, 3.63) is 30.3 Å². The number of hydrogen-bond donors (Lipinski definition) is 0. The Labute approximate surface area is 132 Å². The van der Waals surface area contributed by atoms with Gasteiger partial charge >= 0.3 is 5.97 Å². The van der Waals surface area contributed by atoms with Crippen molar-refractivity contribution in [2.24, 2.45) is 5.92 Å². The van der Waals surface area contributed by atoms with E-state index in [9.17, 15) is 13.2 Å². The normalized spacial score (nSPS) is 19.8. The summed E-state index contributed by atoms with van der Waals surface area (Å²) in [4.78, 5) is 12.2. The van der Waals surface area contributed by atoms with Gasteiger partial charge in [-0.1, -0.05) is 31.5 Å². The molecule has 0 N–H and O–H groups in total. The average Bonchev–Trinajstić information content (AvgIpc) is 2.54. The van der Waals surface area contributed by atoms with Crippen LogP contribution in [0.25, 0.3) is 0 Å². The second-order valence-corrected chi connectivity index (χ2v) is 7.69. The molecule has 0 aliphatic carbocycles. The van der Waals surface area contributed by atoms with Crippen molar-refractivity contribution in [1.82, 2.24) is 4.31 Å². The molecule has 1 saturated heterocycles. The van der Waals surface area contributed by atoms with Gasteiger partial charge in [-0.05, 0) is 31.4 Å². The lowest BCUT2D eigenvalue weighted by atomic mass is 10.00. The molecule has 5 nitrogen and oxygen atoms in total. The number of carbonyl (C=O) groups excluding carboxylic acids is 1. The highest BCUT2D eigenvalue weighted by Crippen LogP contribution is 2.22. The van der Waals surface area contributed by atoms with Gasteiger partial charge in [-0.15, -0.1) is 0 Å². The fourth-order valence-electron chi connectivity index (χ4n) is 2.53. The van der Waals surface area contributed by atoms with Crippen molar-refractivity contribution >= 4 is 16.0 Å². The Hall–Kier alpha value is -1.40. The second-order valence-electron chi connectivity index (χ2n) is 5.60. The van der Waals surface area contributed by atoms with Crippen LogP contribution in [-0.2, 0) is 14.8 Å². The van der Waals surface area contributed by atoms with Gasteiger partial charge in [0.25, 0.3) is 0 Å². The summed E-state index contributed by atoms with van der Waals surface area (Å²) in [6.45, 7) is 2.70. The molecule has 1 aromatic rings. The predicted octanol–water partition coefficient (Wildman–Crippen LogP) is 2.43. The third-order valence-corrected chi connectivity index (χ3v) is 5.75. The Kier molecular flexibility index (Phi) is 5.97. The number of nitrogens with zero attached hydrogens (tertiary/aromatic N) is 1. The van der Waals surface area contributed by atoms with Crippen molar-refractivity contribution in [3.8, 4) is 5.75 Å². The monoisotopic (exact) mass is 325 g/mol. The SMILES string of the molecule is CCCCS(=O)(=O)N1CCC[C@@H](C(=O)Oc2ccccc2)C1. The molecule has 2 rings (SSSR count). The first kappa shape index (κ1) is 17.0. The molecule has 0 spiro atoms. The lowest BCUT2D eigenvalue weighted by molar-refractivity contribution is -0.140. The minimum absolute atomic E-state index is 0.157. The van der Waals surface area contributed by atoms with Gasteiger partial charge in [0.05, 0.1) is 11.7 Å². The van der Waals surface area contributed by atoms with Gasteiger partial charge in [0.15, 0.2) is 0 Å². The van der Waals surface area contributed by atoms with Gasteiger partial charge in [-0.2, -0.15) is 0 Å². The highest BCUT2D eigenvalue weighted by Gasteiger charge is 2.32. The van der Waals surface area contributed by atoms with Crippen LogP contribution in [0.4, 0.5) is 0 Å². The quantitative estimate of drug-likeness (QED) is 0.595. The minimum Gasteiger partial charge on any atom is -0.426 e. The molecule has 1 aliphatic heterocycles. The van der Waals surface area contributed by atoms with Crippen molar-refractivity contribution in [2.45, 2.75) is 32.6 Å². The number of para-hydroxylation sites is 1. The van der Waals surface area contributed by atoms with Crippen molar-refractivity contribution in [3.63, 3.8) is 0 Å². The van der Waals surface area contributed by atoms with Gasteiger partial charge in [0.1, 0.15) is 5.75 Å². The average molecular weight is 325 g/mol. The predicted molar refractivity (Wildman–Crippen MR) is 85.1 cm³/mol. The Bertz CT molecular complexity index is 585. The lowest BCUT2D eigenvalue weighted by Gasteiger charge is -2.30. The zero-order chi connectivity index (χ0) is 16.0. The number of unbranched alkanes of at least 4 members (excludes halogenated alkanes) is 1. The summed E-state index contributed by atoms with van der Waals surface area (Å²) in [5, 5.41) is 0. The smallest absolute Gasteiger partial charge is 0.315 e. The molecule has 1 atom stereocenters. The van der Waals surface area contributed by atoms with E-state index in [1.54, 1.807) is 24.3 Å². The number of hydrogen-bond acceptors (Lipinski definition) is 4. The zero-order valence-corrected chi connectivity index (χ0v) is 13.7. The van der Waals surface area contributed by atoms with E-state index in [0.29, 0.717) is 31.6 Å². The summed E-state index contributed by atoms with van der Waals surface area (Å²) >= 11 is 0. The number of ether oxygens (including phenoxy) is 1. The molecule has 22 heavy (non-hydrogen) atoms. The first-order chi connectivity index (χ1) is 10.5. The van der Waals surface area contributed by atoms with E-state index in [4.69, 9.17) is 4.74 Å². The largest absolute Gasteiger partial charge is 0.426 e. The third kappa shape index (κ3) is 4.55. The number of benzene rings is 1. The van der Waals surface area contributed by atoms with Crippen molar-refractivity contribution in [2.75, 3.05) is 18.8 Å². The molecule has 0 aromatic heterocycles.